The summed E-state index contributed by atoms with van der Waals surface area (Å²) in [6, 6.07) is 69.1. The fourth-order valence-corrected chi connectivity index (χ4v) is 8.95. The first-order valence-electron chi connectivity index (χ1n) is 19.0. The molecule has 4 heteroatoms. The lowest BCUT2D eigenvalue weighted by molar-refractivity contribution is 0.669. The first-order valence-corrected chi connectivity index (χ1v) is 19.0. The summed E-state index contributed by atoms with van der Waals surface area (Å²) in [4.78, 5) is 2.41. The fraction of sp³-hybridized carbons (Fsp3) is 0. The van der Waals surface area contributed by atoms with E-state index in [1.54, 1.807) is 0 Å². The number of hydrogen-bond donors (Lipinski definition) is 0. The molecule has 3 heterocycles. The molecule has 0 N–H and O–H groups in total. The minimum absolute atomic E-state index is 0.847. The van der Waals surface area contributed by atoms with Crippen LogP contribution in [0.3, 0.4) is 0 Å². The van der Waals surface area contributed by atoms with E-state index in [0.717, 1.165) is 83.1 Å². The molecule has 0 fully saturated rings. The number of anilines is 3. The van der Waals surface area contributed by atoms with Crippen molar-refractivity contribution in [1.82, 2.24) is 4.57 Å². The largest absolute Gasteiger partial charge is 0.456 e. The van der Waals surface area contributed by atoms with Crippen LogP contribution in [0.25, 0.3) is 93.3 Å². The molecule has 9 aromatic carbocycles. The standard InChI is InChI=1S/C52H32N2O2/c1-2-15-34-31-50-42(30-33(34)14-1)51-40(22-12-28-48(51)56-50)39-20-5-9-25-45(39)54(46-26-13-29-49-52(46)41-21-6-10-27-47(41)55-49)36-17-11-16-35(32-36)53-43-23-7-3-18-37(43)38-19-4-8-24-44(38)53/h1-32H. The first-order chi connectivity index (χ1) is 27.8. The number of aromatic nitrogens is 1. The SMILES string of the molecule is c1cc(N(c2ccccc2-c2cccc3oc4cc5ccccc5cc4c23)c2cccc3oc4ccccc4c23)cc(-n2c3ccccc3c3ccccc32)c1. The van der Waals surface area contributed by atoms with Crippen molar-refractivity contribution in [3.05, 3.63) is 194 Å². The highest BCUT2D eigenvalue weighted by molar-refractivity contribution is 6.18. The van der Waals surface area contributed by atoms with Crippen molar-refractivity contribution in [1.29, 1.82) is 0 Å². The summed E-state index contributed by atoms with van der Waals surface area (Å²) in [7, 11) is 0. The van der Waals surface area contributed by atoms with Crippen molar-refractivity contribution in [2.45, 2.75) is 0 Å². The van der Waals surface area contributed by atoms with Crippen LogP contribution in [0.1, 0.15) is 0 Å². The molecule has 0 spiro atoms. The summed E-state index contributed by atoms with van der Waals surface area (Å²) >= 11 is 0. The van der Waals surface area contributed by atoms with Crippen molar-refractivity contribution in [3.8, 4) is 16.8 Å². The third-order valence-corrected chi connectivity index (χ3v) is 11.3. The van der Waals surface area contributed by atoms with Gasteiger partial charge in [0.05, 0.1) is 27.8 Å². The van der Waals surface area contributed by atoms with Crippen LogP contribution in [0.2, 0.25) is 0 Å². The Balaban J connectivity index is 1.15. The molecule has 0 aliphatic heterocycles. The first kappa shape index (κ1) is 30.9. The third kappa shape index (κ3) is 4.53. The Morgan fingerprint density at radius 1 is 0.357 bits per heavy atom. The second-order valence-electron chi connectivity index (χ2n) is 14.5. The van der Waals surface area contributed by atoms with Crippen LogP contribution in [-0.2, 0) is 0 Å². The molecule has 0 saturated heterocycles. The molecule has 0 saturated carbocycles. The summed E-state index contributed by atoms with van der Waals surface area (Å²) in [5.41, 5.74) is 12.2. The van der Waals surface area contributed by atoms with Crippen LogP contribution in [0, 0.1) is 0 Å². The lowest BCUT2D eigenvalue weighted by atomic mass is 9.96. The van der Waals surface area contributed by atoms with Gasteiger partial charge < -0.3 is 18.3 Å². The molecule has 12 aromatic rings. The van der Waals surface area contributed by atoms with E-state index in [0.29, 0.717) is 0 Å². The van der Waals surface area contributed by atoms with E-state index in [4.69, 9.17) is 8.83 Å². The summed E-state index contributed by atoms with van der Waals surface area (Å²) in [6.45, 7) is 0. The second-order valence-corrected chi connectivity index (χ2v) is 14.5. The molecule has 3 aromatic heterocycles. The van der Waals surface area contributed by atoms with E-state index in [9.17, 15) is 0 Å². The Labute approximate surface area is 321 Å². The van der Waals surface area contributed by atoms with Gasteiger partial charge in [0.1, 0.15) is 22.3 Å². The maximum Gasteiger partial charge on any atom is 0.137 e. The number of rotatable bonds is 5. The van der Waals surface area contributed by atoms with Gasteiger partial charge in [0.2, 0.25) is 0 Å². The van der Waals surface area contributed by atoms with E-state index in [1.807, 2.05) is 6.07 Å². The molecule has 262 valence electrons. The van der Waals surface area contributed by atoms with Crippen molar-refractivity contribution >= 4 is 93.5 Å². The van der Waals surface area contributed by atoms with E-state index in [2.05, 4.69) is 198 Å². The molecule has 4 nitrogen and oxygen atoms in total. The highest BCUT2D eigenvalue weighted by Crippen LogP contribution is 2.48. The zero-order valence-electron chi connectivity index (χ0n) is 30.2. The Bertz CT molecular complexity index is 3460. The number of benzene rings is 9. The van der Waals surface area contributed by atoms with E-state index < -0.39 is 0 Å². The molecule has 12 rings (SSSR count). The van der Waals surface area contributed by atoms with Crippen LogP contribution < -0.4 is 4.90 Å². The Kier molecular flexibility index (Phi) is 6.60. The molecule has 0 unspecified atom stereocenters. The molecule has 0 aliphatic rings. The highest BCUT2D eigenvalue weighted by Gasteiger charge is 2.24. The van der Waals surface area contributed by atoms with Gasteiger partial charge in [-0.15, -0.1) is 0 Å². The smallest absolute Gasteiger partial charge is 0.137 e. The normalized spacial score (nSPS) is 11.9. The fourth-order valence-electron chi connectivity index (χ4n) is 8.95. The monoisotopic (exact) mass is 716 g/mol. The number of para-hydroxylation sites is 4. The molecule has 0 bridgehead atoms. The van der Waals surface area contributed by atoms with Crippen LogP contribution in [-0.4, -0.2) is 4.57 Å². The topological polar surface area (TPSA) is 34.5 Å². The maximum absolute atomic E-state index is 6.59. The van der Waals surface area contributed by atoms with Crippen molar-refractivity contribution in [2.75, 3.05) is 4.90 Å². The zero-order valence-corrected chi connectivity index (χ0v) is 30.2. The number of fused-ring (bicyclic) bond motifs is 10. The van der Waals surface area contributed by atoms with Gasteiger partial charge in [-0.3, -0.25) is 0 Å². The number of nitrogens with zero attached hydrogens (tertiary/aromatic N) is 2. The van der Waals surface area contributed by atoms with Gasteiger partial charge in [-0.2, -0.15) is 0 Å². The van der Waals surface area contributed by atoms with Gasteiger partial charge in [-0.1, -0.05) is 121 Å². The van der Waals surface area contributed by atoms with Gasteiger partial charge in [0.25, 0.3) is 0 Å². The summed E-state index contributed by atoms with van der Waals surface area (Å²) in [5.74, 6) is 0. The Morgan fingerprint density at radius 2 is 0.929 bits per heavy atom. The second kappa shape index (κ2) is 12.0. The number of furan rings is 2. The van der Waals surface area contributed by atoms with Gasteiger partial charge in [0, 0.05) is 43.9 Å². The molecule has 0 aliphatic carbocycles. The van der Waals surface area contributed by atoms with Gasteiger partial charge in [-0.05, 0) is 89.1 Å². The van der Waals surface area contributed by atoms with Gasteiger partial charge >= 0.3 is 0 Å². The van der Waals surface area contributed by atoms with E-state index in [-0.39, 0.29) is 0 Å². The lowest BCUT2D eigenvalue weighted by Crippen LogP contribution is -2.12. The van der Waals surface area contributed by atoms with Gasteiger partial charge in [-0.25, -0.2) is 0 Å². The predicted octanol–water partition coefficient (Wildman–Crippen LogP) is 14.9. The lowest BCUT2D eigenvalue weighted by Gasteiger charge is -2.29. The molecular formula is C52H32N2O2. The summed E-state index contributed by atoms with van der Waals surface area (Å²) in [5, 5.41) is 9.17. The van der Waals surface area contributed by atoms with Crippen molar-refractivity contribution in [2.24, 2.45) is 0 Å². The van der Waals surface area contributed by atoms with E-state index >= 15 is 0 Å². The Hall–Kier alpha value is -7.56. The van der Waals surface area contributed by atoms with Crippen LogP contribution in [0.15, 0.2) is 203 Å². The van der Waals surface area contributed by atoms with Crippen molar-refractivity contribution < 1.29 is 8.83 Å². The van der Waals surface area contributed by atoms with Crippen molar-refractivity contribution in [3.63, 3.8) is 0 Å². The van der Waals surface area contributed by atoms with Crippen LogP contribution in [0.4, 0.5) is 17.1 Å². The number of hydrogen-bond acceptors (Lipinski definition) is 3. The molecule has 0 amide bonds. The maximum atomic E-state index is 6.59. The van der Waals surface area contributed by atoms with Gasteiger partial charge in [0.15, 0.2) is 0 Å². The van der Waals surface area contributed by atoms with Crippen LogP contribution in [0.5, 0.6) is 0 Å². The Morgan fingerprint density at radius 3 is 1.75 bits per heavy atom. The quantitative estimate of drug-likeness (QED) is 0.178. The molecular weight excluding hydrogens is 685 g/mol. The van der Waals surface area contributed by atoms with E-state index in [1.165, 1.54) is 27.2 Å². The minimum atomic E-state index is 0.847. The average Bonchev–Trinajstić information content (AvgIpc) is 3.93. The highest BCUT2D eigenvalue weighted by atomic mass is 16.3. The zero-order chi connectivity index (χ0) is 36.7. The summed E-state index contributed by atoms with van der Waals surface area (Å²) < 4.78 is 15.5. The predicted molar refractivity (Wildman–Crippen MR) is 233 cm³/mol. The summed E-state index contributed by atoms with van der Waals surface area (Å²) in [6.07, 6.45) is 0. The van der Waals surface area contributed by atoms with Crippen LogP contribution >= 0.6 is 0 Å². The molecule has 0 radical (unpaired) electrons. The molecule has 56 heavy (non-hydrogen) atoms. The third-order valence-electron chi connectivity index (χ3n) is 11.3. The average molecular weight is 717 g/mol. The minimum Gasteiger partial charge on any atom is -0.456 e. The molecule has 0 atom stereocenters.